The number of para-hydroxylation sites is 1. The van der Waals surface area contributed by atoms with E-state index in [9.17, 15) is 9.59 Å². The Hall–Kier alpha value is -4.00. The van der Waals surface area contributed by atoms with Crippen molar-refractivity contribution in [1.29, 1.82) is 0 Å². The van der Waals surface area contributed by atoms with Crippen LogP contribution in [-0.4, -0.2) is 43.7 Å². The van der Waals surface area contributed by atoms with Gasteiger partial charge in [-0.15, -0.1) is 5.10 Å². The van der Waals surface area contributed by atoms with Gasteiger partial charge in [-0.2, -0.15) is 0 Å². The van der Waals surface area contributed by atoms with Gasteiger partial charge in [-0.3, -0.25) is 14.5 Å². The maximum absolute atomic E-state index is 12.9. The van der Waals surface area contributed by atoms with Gasteiger partial charge >= 0.3 is 0 Å². The molecule has 0 saturated heterocycles. The molecule has 29 heavy (non-hydrogen) atoms. The van der Waals surface area contributed by atoms with Crippen molar-refractivity contribution in [3.63, 3.8) is 0 Å². The summed E-state index contributed by atoms with van der Waals surface area (Å²) in [5.41, 5.74) is 3.68. The lowest BCUT2D eigenvalue weighted by molar-refractivity contribution is -0.134. The quantitative estimate of drug-likeness (QED) is 0.549. The number of hydrogen-bond acceptors (Lipinski definition) is 4. The van der Waals surface area contributed by atoms with Crippen LogP contribution in [0.3, 0.4) is 0 Å². The Morgan fingerprint density at radius 3 is 2.48 bits per heavy atom. The smallest absolute Gasteiger partial charge is 0.263 e. The van der Waals surface area contributed by atoms with E-state index >= 15 is 0 Å². The van der Waals surface area contributed by atoms with Gasteiger partial charge in [0, 0.05) is 29.7 Å². The number of nitrogens with zero attached hydrogens (tertiary/aromatic N) is 4. The number of likely N-dealkylation sites (N-methyl/N-ethyl adjacent to an activating group) is 1. The number of H-pyrrole nitrogens is 1. The first-order chi connectivity index (χ1) is 14.1. The predicted molar refractivity (Wildman–Crippen MR) is 108 cm³/mol. The van der Waals surface area contributed by atoms with Gasteiger partial charge in [0.05, 0.1) is 23.9 Å². The second-order valence-electron chi connectivity index (χ2n) is 6.95. The molecule has 0 spiro atoms. The molecule has 142 valence electrons. The summed E-state index contributed by atoms with van der Waals surface area (Å²) in [6, 6.07) is 17.5. The molecule has 2 amide bonds. The van der Waals surface area contributed by atoms with E-state index in [-0.39, 0.29) is 17.4 Å². The van der Waals surface area contributed by atoms with E-state index in [1.807, 2.05) is 54.6 Å². The summed E-state index contributed by atoms with van der Waals surface area (Å²) in [6.07, 6.45) is 3.47. The molecular formula is C22H17N5O2. The fourth-order valence-electron chi connectivity index (χ4n) is 3.67. The Kier molecular flexibility index (Phi) is 3.87. The first-order valence-corrected chi connectivity index (χ1v) is 9.21. The largest absolute Gasteiger partial charge is 0.361 e. The molecule has 0 atom stereocenters. The fourth-order valence-corrected chi connectivity index (χ4v) is 3.67. The minimum Gasteiger partial charge on any atom is -0.361 e. The van der Waals surface area contributed by atoms with E-state index < -0.39 is 0 Å². The molecule has 2 aromatic carbocycles. The van der Waals surface area contributed by atoms with Crippen LogP contribution >= 0.6 is 0 Å². The Morgan fingerprint density at radius 1 is 0.931 bits per heavy atom. The van der Waals surface area contributed by atoms with Crippen LogP contribution in [0, 0.1) is 0 Å². The van der Waals surface area contributed by atoms with Crippen LogP contribution in [-0.2, 0) is 16.1 Å². The number of fused-ring (bicyclic) bond motifs is 1. The molecule has 5 rings (SSSR count). The summed E-state index contributed by atoms with van der Waals surface area (Å²) in [6.45, 7) is 0.529. The summed E-state index contributed by atoms with van der Waals surface area (Å²) in [5.74, 6) is -0.714. The summed E-state index contributed by atoms with van der Waals surface area (Å²) in [5, 5.41) is 9.24. The molecule has 7 heteroatoms. The molecule has 0 bridgehead atoms. The lowest BCUT2D eigenvalue weighted by Gasteiger charge is -2.05. The third kappa shape index (κ3) is 2.75. The number of nitrogens with one attached hydrogen (secondary N) is 1. The lowest BCUT2D eigenvalue weighted by Crippen LogP contribution is -2.26. The molecular weight excluding hydrogens is 366 g/mol. The van der Waals surface area contributed by atoms with Gasteiger partial charge in [-0.1, -0.05) is 53.7 Å². The van der Waals surface area contributed by atoms with Crippen molar-refractivity contribution >= 4 is 33.9 Å². The number of rotatable bonds is 4. The molecule has 0 unspecified atom stereocenters. The fraction of sp³-hybridized carbons (Fsp3) is 0.0909. The van der Waals surface area contributed by atoms with Gasteiger partial charge in [0.2, 0.25) is 0 Å². The van der Waals surface area contributed by atoms with Crippen LogP contribution in [0.15, 0.2) is 67.0 Å². The number of benzene rings is 2. The van der Waals surface area contributed by atoms with Crippen LogP contribution in [0.25, 0.3) is 22.0 Å². The highest BCUT2D eigenvalue weighted by Gasteiger charge is 2.39. The lowest BCUT2D eigenvalue weighted by atomic mass is 9.99. The van der Waals surface area contributed by atoms with E-state index in [2.05, 4.69) is 15.3 Å². The number of amides is 2. The number of imide groups is 1. The predicted octanol–water partition coefficient (Wildman–Crippen LogP) is 2.72. The summed E-state index contributed by atoms with van der Waals surface area (Å²) in [7, 11) is 1.49. The minimum absolute atomic E-state index is 0.279. The summed E-state index contributed by atoms with van der Waals surface area (Å²) in [4.78, 5) is 30.1. The van der Waals surface area contributed by atoms with Crippen molar-refractivity contribution in [1.82, 2.24) is 24.9 Å². The van der Waals surface area contributed by atoms with E-state index in [0.717, 1.165) is 21.4 Å². The first kappa shape index (κ1) is 17.1. The third-order valence-electron chi connectivity index (χ3n) is 5.13. The van der Waals surface area contributed by atoms with Crippen LogP contribution in [0.1, 0.15) is 16.8 Å². The molecule has 1 N–H and O–H groups in total. The summed E-state index contributed by atoms with van der Waals surface area (Å²) >= 11 is 0. The number of aromatic amines is 1. The van der Waals surface area contributed by atoms with Gasteiger partial charge in [0.1, 0.15) is 5.69 Å². The molecule has 7 nitrogen and oxygen atoms in total. The van der Waals surface area contributed by atoms with Crippen molar-refractivity contribution in [2.75, 3.05) is 7.05 Å². The second-order valence-corrected chi connectivity index (χ2v) is 6.95. The Morgan fingerprint density at radius 2 is 1.66 bits per heavy atom. The zero-order valence-corrected chi connectivity index (χ0v) is 15.7. The standard InChI is InChI=1S/C22H17N5O2/c1-26-21(28)19(16-11-23-17-10-6-5-9-15(16)17)20(22(26)29)18-13-27(25-24-18)12-14-7-3-2-4-8-14/h2-11,13,23H,12H2,1H3. The molecule has 1 aliphatic heterocycles. The monoisotopic (exact) mass is 383 g/mol. The molecule has 0 saturated carbocycles. The molecule has 0 aliphatic carbocycles. The zero-order chi connectivity index (χ0) is 20.0. The van der Waals surface area contributed by atoms with Crippen molar-refractivity contribution < 1.29 is 9.59 Å². The number of aromatic nitrogens is 4. The van der Waals surface area contributed by atoms with Crippen LogP contribution in [0.2, 0.25) is 0 Å². The van der Waals surface area contributed by atoms with Crippen molar-refractivity contribution in [3.8, 4) is 0 Å². The molecule has 4 aromatic rings. The van der Waals surface area contributed by atoms with E-state index in [4.69, 9.17) is 0 Å². The highest BCUT2D eigenvalue weighted by Crippen LogP contribution is 2.37. The molecule has 1 aliphatic rings. The minimum atomic E-state index is -0.373. The van der Waals surface area contributed by atoms with Gasteiger partial charge in [-0.25, -0.2) is 4.68 Å². The normalized spacial score (nSPS) is 14.4. The molecule has 0 fully saturated rings. The van der Waals surface area contributed by atoms with E-state index in [1.165, 1.54) is 7.05 Å². The number of hydrogen-bond donors (Lipinski definition) is 1. The molecule has 3 heterocycles. The van der Waals surface area contributed by atoms with Crippen molar-refractivity contribution in [3.05, 3.63) is 83.8 Å². The Labute approximate surface area is 166 Å². The third-order valence-corrected chi connectivity index (χ3v) is 5.13. The molecule has 2 aromatic heterocycles. The van der Waals surface area contributed by atoms with Gasteiger partial charge in [0.25, 0.3) is 11.8 Å². The van der Waals surface area contributed by atoms with E-state index in [0.29, 0.717) is 23.4 Å². The Bertz CT molecular complexity index is 1280. The summed E-state index contributed by atoms with van der Waals surface area (Å²) < 4.78 is 1.67. The van der Waals surface area contributed by atoms with Crippen molar-refractivity contribution in [2.45, 2.75) is 6.54 Å². The SMILES string of the molecule is CN1C(=O)C(c2cn(Cc3ccccc3)nn2)=C(c2c[nH]c3ccccc23)C1=O. The average Bonchev–Trinajstić information content (AvgIpc) is 3.42. The first-order valence-electron chi connectivity index (χ1n) is 9.21. The van der Waals surface area contributed by atoms with Gasteiger partial charge < -0.3 is 4.98 Å². The average molecular weight is 383 g/mol. The van der Waals surface area contributed by atoms with Crippen LogP contribution in [0.5, 0.6) is 0 Å². The van der Waals surface area contributed by atoms with Gasteiger partial charge in [-0.05, 0) is 11.6 Å². The molecule has 0 radical (unpaired) electrons. The Balaban J connectivity index is 1.63. The van der Waals surface area contributed by atoms with Gasteiger partial charge in [0.15, 0.2) is 0 Å². The maximum Gasteiger partial charge on any atom is 0.263 e. The maximum atomic E-state index is 12.9. The van der Waals surface area contributed by atoms with Crippen molar-refractivity contribution in [2.24, 2.45) is 0 Å². The number of carbonyl (C=O) groups excluding carboxylic acids is 2. The highest BCUT2D eigenvalue weighted by molar-refractivity contribution is 6.49. The van der Waals surface area contributed by atoms with Crippen LogP contribution < -0.4 is 0 Å². The van der Waals surface area contributed by atoms with E-state index in [1.54, 1.807) is 17.1 Å². The second kappa shape index (κ2) is 6.56. The topological polar surface area (TPSA) is 83.9 Å². The highest BCUT2D eigenvalue weighted by atomic mass is 16.2. The van der Waals surface area contributed by atoms with Crippen LogP contribution in [0.4, 0.5) is 0 Å². The zero-order valence-electron chi connectivity index (χ0n) is 15.7. The number of carbonyl (C=O) groups is 2.